The Bertz CT molecular complexity index is 1360. The van der Waals surface area contributed by atoms with E-state index in [1.165, 1.54) is 12.1 Å². The van der Waals surface area contributed by atoms with Crippen molar-refractivity contribution < 1.29 is 14.3 Å². The summed E-state index contributed by atoms with van der Waals surface area (Å²) in [6.07, 6.45) is 7.10. The van der Waals surface area contributed by atoms with Gasteiger partial charge >= 0.3 is 0 Å². The van der Waals surface area contributed by atoms with Crippen LogP contribution in [-0.2, 0) is 11.2 Å². The number of hydrogen-bond acceptors (Lipinski definition) is 7. The van der Waals surface area contributed by atoms with Gasteiger partial charge in [0.2, 0.25) is 6.41 Å². The molecule has 1 amide bonds. The van der Waals surface area contributed by atoms with Crippen LogP contribution in [0.4, 0.5) is 10.1 Å². The summed E-state index contributed by atoms with van der Waals surface area (Å²) in [5.41, 5.74) is 15.6. The van der Waals surface area contributed by atoms with Crippen molar-refractivity contribution in [2.45, 2.75) is 50.2 Å². The number of anilines is 1. The van der Waals surface area contributed by atoms with E-state index >= 15 is 0 Å². The molecule has 0 bridgehead atoms. The summed E-state index contributed by atoms with van der Waals surface area (Å²) in [7, 11) is 0. The number of amides is 1. The quantitative estimate of drug-likeness (QED) is 0.118. The van der Waals surface area contributed by atoms with Gasteiger partial charge in [-0.25, -0.2) is 4.39 Å². The summed E-state index contributed by atoms with van der Waals surface area (Å²) in [5.74, 6) is -0.567. The summed E-state index contributed by atoms with van der Waals surface area (Å²) in [6, 6.07) is 14.1. The Balaban J connectivity index is 1.65. The number of hydrogen-bond donors (Lipinski definition) is 4. The molecule has 3 aromatic rings. The molecule has 4 rings (SSSR count). The Hall–Kier alpha value is -3.58. The number of nitriles is 1. The Morgan fingerprint density at radius 2 is 2.03 bits per heavy atom. The van der Waals surface area contributed by atoms with Crippen LogP contribution in [0.25, 0.3) is 21.6 Å². The number of carbonyl (C=O) groups is 1. The van der Waals surface area contributed by atoms with Gasteiger partial charge in [-0.1, -0.05) is 12.1 Å². The van der Waals surface area contributed by atoms with Gasteiger partial charge in [-0.15, -0.1) is 11.3 Å². The Kier molecular flexibility index (Phi) is 8.89. The number of nitrogens with zero attached hydrogens (tertiary/aromatic N) is 2. The molecule has 1 fully saturated rings. The zero-order valence-electron chi connectivity index (χ0n) is 21.1. The molecule has 1 unspecified atom stereocenters. The van der Waals surface area contributed by atoms with Gasteiger partial charge < -0.3 is 21.9 Å². The number of halogens is 1. The van der Waals surface area contributed by atoms with Gasteiger partial charge in [0.15, 0.2) is 0 Å². The van der Waals surface area contributed by atoms with Crippen LogP contribution < -0.4 is 16.8 Å². The summed E-state index contributed by atoms with van der Waals surface area (Å²) in [5, 5.41) is 22.1. The fourth-order valence-electron chi connectivity index (χ4n) is 4.52. The van der Waals surface area contributed by atoms with Crippen molar-refractivity contribution in [3.8, 4) is 27.6 Å². The third-order valence-electron chi connectivity index (χ3n) is 6.88. The van der Waals surface area contributed by atoms with E-state index in [0.717, 1.165) is 58.5 Å². The van der Waals surface area contributed by atoms with Gasteiger partial charge in [-0.05, 0) is 80.0 Å². The highest BCUT2D eigenvalue weighted by Crippen LogP contribution is 2.41. The lowest BCUT2D eigenvalue weighted by atomic mass is 9.80. The number of carbonyl (C=O) groups excluding carboxylic acids is 1. The summed E-state index contributed by atoms with van der Waals surface area (Å²) in [6.45, 7) is 0.922. The summed E-state index contributed by atoms with van der Waals surface area (Å²) in [4.78, 5) is 16.9. The summed E-state index contributed by atoms with van der Waals surface area (Å²) < 4.78 is 14.6. The number of aliphatic hydroxyl groups is 1. The first-order chi connectivity index (χ1) is 18.3. The number of rotatable bonds is 12. The molecule has 9 heteroatoms. The molecule has 1 aliphatic rings. The molecule has 1 aliphatic carbocycles. The van der Waals surface area contributed by atoms with E-state index in [-0.39, 0.29) is 11.6 Å². The number of benzene rings is 2. The van der Waals surface area contributed by atoms with E-state index in [1.54, 1.807) is 23.6 Å². The van der Waals surface area contributed by atoms with Crippen molar-refractivity contribution in [1.82, 2.24) is 5.32 Å². The molecule has 1 atom stereocenters. The number of nitrogens with one attached hydrogen (secondary N) is 1. The van der Waals surface area contributed by atoms with E-state index in [0.29, 0.717) is 37.2 Å². The molecular weight excluding hydrogens is 501 g/mol. The van der Waals surface area contributed by atoms with E-state index in [1.807, 2.05) is 30.3 Å². The van der Waals surface area contributed by atoms with Gasteiger partial charge in [0.1, 0.15) is 11.9 Å². The molecule has 38 heavy (non-hydrogen) atoms. The first kappa shape index (κ1) is 27.5. The molecule has 2 aromatic carbocycles. The van der Waals surface area contributed by atoms with Crippen LogP contribution in [-0.4, -0.2) is 42.5 Å². The van der Waals surface area contributed by atoms with Crippen molar-refractivity contribution in [2.24, 2.45) is 10.7 Å². The molecule has 0 aliphatic heterocycles. The van der Waals surface area contributed by atoms with Gasteiger partial charge in [-0.2, -0.15) is 5.26 Å². The van der Waals surface area contributed by atoms with E-state index < -0.39 is 11.4 Å². The monoisotopic (exact) mass is 533 g/mol. The average Bonchev–Trinajstić information content (AvgIpc) is 3.30. The third-order valence-corrected chi connectivity index (χ3v) is 8.08. The maximum Gasteiger partial charge on any atom is 0.207 e. The van der Waals surface area contributed by atoms with Crippen molar-refractivity contribution in [3.63, 3.8) is 0 Å². The Labute approximate surface area is 226 Å². The van der Waals surface area contributed by atoms with Crippen LogP contribution in [0.15, 0.2) is 47.5 Å². The highest BCUT2D eigenvalue weighted by molar-refractivity contribution is 7.16. The van der Waals surface area contributed by atoms with Crippen LogP contribution >= 0.6 is 11.3 Å². The van der Waals surface area contributed by atoms with Crippen LogP contribution in [0.2, 0.25) is 0 Å². The lowest BCUT2D eigenvalue weighted by Gasteiger charge is -2.34. The molecule has 1 heterocycles. The van der Waals surface area contributed by atoms with Crippen LogP contribution in [0.1, 0.15) is 48.1 Å². The highest BCUT2D eigenvalue weighted by Gasteiger charge is 2.33. The molecule has 198 valence electrons. The van der Waals surface area contributed by atoms with Gasteiger partial charge in [-0.3, -0.25) is 9.79 Å². The lowest BCUT2D eigenvalue weighted by molar-refractivity contribution is -0.109. The molecule has 1 saturated carbocycles. The van der Waals surface area contributed by atoms with Gasteiger partial charge in [0, 0.05) is 45.4 Å². The normalized spacial score (nSPS) is 15.1. The SMILES string of the molecule is N#Cc1ccc(-c2cc(CC(N)CCCNC=O)sc2-c2ccc(N)c(C=NCC3(O)CCC3)c2)cc1F. The predicted octanol–water partition coefficient (Wildman–Crippen LogP) is 4.40. The second-order valence-corrected chi connectivity index (χ2v) is 11.0. The largest absolute Gasteiger partial charge is 0.398 e. The van der Waals surface area contributed by atoms with Crippen LogP contribution in [0.3, 0.4) is 0 Å². The molecule has 0 radical (unpaired) electrons. The van der Waals surface area contributed by atoms with Gasteiger partial charge in [0.05, 0.1) is 17.7 Å². The number of aliphatic imine (C=N–C) groups is 1. The van der Waals surface area contributed by atoms with Crippen molar-refractivity contribution >= 4 is 29.6 Å². The minimum Gasteiger partial charge on any atom is -0.398 e. The van der Waals surface area contributed by atoms with Crippen molar-refractivity contribution in [3.05, 3.63) is 64.3 Å². The number of thiophene rings is 1. The first-order valence-electron chi connectivity index (χ1n) is 12.7. The van der Waals surface area contributed by atoms with E-state index in [9.17, 15) is 14.3 Å². The number of nitrogens with two attached hydrogens (primary N) is 2. The fourth-order valence-corrected chi connectivity index (χ4v) is 5.78. The third kappa shape index (κ3) is 6.64. The van der Waals surface area contributed by atoms with Crippen LogP contribution in [0.5, 0.6) is 0 Å². The molecule has 1 aromatic heterocycles. The van der Waals surface area contributed by atoms with Crippen LogP contribution in [0, 0.1) is 17.1 Å². The minimum absolute atomic E-state index is 0.00388. The zero-order valence-corrected chi connectivity index (χ0v) is 21.9. The Morgan fingerprint density at radius 3 is 2.71 bits per heavy atom. The Morgan fingerprint density at radius 1 is 1.24 bits per heavy atom. The summed E-state index contributed by atoms with van der Waals surface area (Å²) >= 11 is 1.59. The standard InChI is InChI=1S/C29H32FN5O2S/c30-26-12-19(4-5-21(26)15-31)25-14-24(13-23(32)3-1-10-34-18-36)38-28(25)20-6-7-27(33)22(11-20)16-35-17-29(37)8-2-9-29/h4-7,11-12,14,16,18,23,37H,1-3,8-10,13,17,32-33H2,(H,34,36). The first-order valence-corrected chi connectivity index (χ1v) is 13.5. The second-order valence-electron chi connectivity index (χ2n) is 9.83. The fraction of sp³-hybridized carbons (Fsp3) is 0.345. The van der Waals surface area contributed by atoms with Gasteiger partial charge in [0.25, 0.3) is 0 Å². The maximum absolute atomic E-state index is 14.6. The topological polar surface area (TPSA) is 138 Å². The molecular formula is C29H32FN5O2S. The van der Waals surface area contributed by atoms with Crippen molar-refractivity contribution in [2.75, 3.05) is 18.8 Å². The van der Waals surface area contributed by atoms with E-state index in [4.69, 9.17) is 16.7 Å². The minimum atomic E-state index is -0.708. The van der Waals surface area contributed by atoms with Crippen molar-refractivity contribution in [1.29, 1.82) is 5.26 Å². The maximum atomic E-state index is 14.6. The smallest absolute Gasteiger partial charge is 0.207 e. The average molecular weight is 534 g/mol. The van der Waals surface area contributed by atoms with E-state index in [2.05, 4.69) is 10.3 Å². The number of nitrogen functional groups attached to an aromatic ring is 1. The zero-order chi connectivity index (χ0) is 27.1. The molecule has 0 saturated heterocycles. The predicted molar refractivity (Wildman–Crippen MR) is 151 cm³/mol. The molecule has 0 spiro atoms. The molecule has 7 nitrogen and oxygen atoms in total. The second kappa shape index (κ2) is 12.3. The lowest BCUT2D eigenvalue weighted by Crippen LogP contribution is -2.39. The highest BCUT2D eigenvalue weighted by atomic mass is 32.1. The molecule has 6 N–H and O–H groups in total.